The standard InChI is InChI=1S/C10H7ClFNO2/c11-4-8(14)5-1-6-3-9(15)13-10(6)7(12)2-5/h1-2H,3-4H2,(H,13,15). The molecule has 0 bridgehead atoms. The first-order valence-electron chi connectivity index (χ1n) is 4.33. The van der Waals surface area contributed by atoms with E-state index in [1.54, 1.807) is 0 Å². The van der Waals surface area contributed by atoms with Gasteiger partial charge in [0.15, 0.2) is 5.78 Å². The van der Waals surface area contributed by atoms with Gasteiger partial charge < -0.3 is 5.32 Å². The number of alkyl halides is 1. The Morgan fingerprint density at radius 1 is 1.53 bits per heavy atom. The van der Waals surface area contributed by atoms with Crippen LogP contribution in [0.25, 0.3) is 0 Å². The Labute approximate surface area is 90.2 Å². The molecule has 0 saturated carbocycles. The lowest BCUT2D eigenvalue weighted by molar-refractivity contribution is -0.115. The average Bonchev–Trinajstić information content (AvgIpc) is 2.58. The Bertz CT molecular complexity index is 459. The summed E-state index contributed by atoms with van der Waals surface area (Å²) >= 11 is 5.36. The van der Waals surface area contributed by atoms with Gasteiger partial charge >= 0.3 is 0 Å². The molecule has 3 nitrogen and oxygen atoms in total. The summed E-state index contributed by atoms with van der Waals surface area (Å²) in [5.41, 5.74) is 0.886. The third-order valence-electron chi connectivity index (χ3n) is 2.23. The lowest BCUT2D eigenvalue weighted by Gasteiger charge is -2.03. The molecular weight excluding hydrogens is 221 g/mol. The second-order valence-electron chi connectivity index (χ2n) is 3.27. The van der Waals surface area contributed by atoms with Crippen molar-refractivity contribution in [1.29, 1.82) is 0 Å². The van der Waals surface area contributed by atoms with E-state index in [9.17, 15) is 14.0 Å². The van der Waals surface area contributed by atoms with Crippen LogP contribution in [0.1, 0.15) is 15.9 Å². The van der Waals surface area contributed by atoms with Crippen LogP contribution in [0.15, 0.2) is 12.1 Å². The number of hydrogen-bond donors (Lipinski definition) is 1. The highest BCUT2D eigenvalue weighted by molar-refractivity contribution is 6.30. The fourth-order valence-corrected chi connectivity index (χ4v) is 1.69. The van der Waals surface area contributed by atoms with Crippen molar-refractivity contribution in [3.8, 4) is 0 Å². The molecule has 0 saturated heterocycles. The Morgan fingerprint density at radius 3 is 2.93 bits per heavy atom. The first-order valence-corrected chi connectivity index (χ1v) is 4.86. The molecule has 0 unspecified atom stereocenters. The summed E-state index contributed by atoms with van der Waals surface area (Å²) < 4.78 is 13.4. The molecule has 1 heterocycles. The van der Waals surface area contributed by atoms with Gasteiger partial charge in [-0.3, -0.25) is 9.59 Å². The van der Waals surface area contributed by atoms with Crippen molar-refractivity contribution < 1.29 is 14.0 Å². The number of anilines is 1. The molecule has 1 N–H and O–H groups in total. The van der Waals surface area contributed by atoms with Crippen LogP contribution in [0.5, 0.6) is 0 Å². The molecule has 1 amide bonds. The highest BCUT2D eigenvalue weighted by Crippen LogP contribution is 2.27. The van der Waals surface area contributed by atoms with E-state index in [1.807, 2.05) is 0 Å². The van der Waals surface area contributed by atoms with Crippen LogP contribution in [0.4, 0.5) is 10.1 Å². The molecule has 1 aliphatic heterocycles. The van der Waals surface area contributed by atoms with Gasteiger partial charge in [-0.15, -0.1) is 11.6 Å². The number of rotatable bonds is 2. The fourth-order valence-electron chi connectivity index (χ4n) is 1.54. The van der Waals surface area contributed by atoms with Crippen LogP contribution in [0.2, 0.25) is 0 Å². The summed E-state index contributed by atoms with van der Waals surface area (Å²) in [7, 11) is 0. The maximum Gasteiger partial charge on any atom is 0.228 e. The Kier molecular flexibility index (Phi) is 2.44. The average molecular weight is 228 g/mol. The van der Waals surface area contributed by atoms with Crippen LogP contribution >= 0.6 is 11.6 Å². The molecule has 5 heteroatoms. The van der Waals surface area contributed by atoms with Crippen LogP contribution in [-0.2, 0) is 11.2 Å². The number of ketones is 1. The smallest absolute Gasteiger partial charge is 0.228 e. The summed E-state index contributed by atoms with van der Waals surface area (Å²) in [4.78, 5) is 22.3. The van der Waals surface area contributed by atoms with Gasteiger partial charge in [0.1, 0.15) is 5.82 Å². The van der Waals surface area contributed by atoms with E-state index >= 15 is 0 Å². The molecule has 1 aromatic rings. The zero-order valence-corrected chi connectivity index (χ0v) is 8.40. The van der Waals surface area contributed by atoms with Gasteiger partial charge in [-0.2, -0.15) is 0 Å². The van der Waals surface area contributed by atoms with Crippen molar-refractivity contribution in [1.82, 2.24) is 0 Å². The first kappa shape index (κ1) is 10.1. The molecule has 0 spiro atoms. The predicted molar refractivity (Wildman–Crippen MR) is 53.8 cm³/mol. The Hall–Kier alpha value is -1.42. The number of amides is 1. The van der Waals surface area contributed by atoms with Gasteiger partial charge in [0.05, 0.1) is 18.0 Å². The molecule has 15 heavy (non-hydrogen) atoms. The van der Waals surface area contributed by atoms with Crippen molar-refractivity contribution in [2.24, 2.45) is 0 Å². The monoisotopic (exact) mass is 227 g/mol. The minimum absolute atomic E-state index is 0.107. The second kappa shape index (κ2) is 3.62. The van der Waals surface area contributed by atoms with E-state index in [0.29, 0.717) is 5.56 Å². The zero-order chi connectivity index (χ0) is 11.0. The highest BCUT2D eigenvalue weighted by atomic mass is 35.5. The lowest BCUT2D eigenvalue weighted by Crippen LogP contribution is -2.04. The lowest BCUT2D eigenvalue weighted by atomic mass is 10.1. The third-order valence-corrected chi connectivity index (χ3v) is 2.47. The van der Waals surface area contributed by atoms with Crippen LogP contribution in [0.3, 0.4) is 0 Å². The highest BCUT2D eigenvalue weighted by Gasteiger charge is 2.23. The van der Waals surface area contributed by atoms with E-state index in [4.69, 9.17) is 11.6 Å². The minimum atomic E-state index is -0.591. The van der Waals surface area contributed by atoms with E-state index < -0.39 is 5.82 Å². The molecule has 1 aliphatic rings. The molecule has 2 rings (SSSR count). The maximum absolute atomic E-state index is 13.4. The van der Waals surface area contributed by atoms with E-state index in [2.05, 4.69) is 5.32 Å². The first-order chi connectivity index (χ1) is 7.11. The van der Waals surface area contributed by atoms with Gasteiger partial charge in [-0.1, -0.05) is 0 Å². The zero-order valence-electron chi connectivity index (χ0n) is 7.64. The fraction of sp³-hybridized carbons (Fsp3) is 0.200. The van der Waals surface area contributed by atoms with Gasteiger partial charge in [0.25, 0.3) is 0 Å². The van der Waals surface area contributed by atoms with Crippen molar-refractivity contribution in [3.63, 3.8) is 0 Å². The minimum Gasteiger partial charge on any atom is -0.323 e. The normalized spacial score (nSPS) is 13.6. The molecule has 1 aromatic carbocycles. The largest absolute Gasteiger partial charge is 0.323 e. The molecule has 0 aliphatic carbocycles. The Balaban J connectivity index is 2.48. The summed E-state index contributed by atoms with van der Waals surface area (Å²) in [5.74, 6) is -1.40. The third kappa shape index (κ3) is 1.72. The number of halogens is 2. The predicted octanol–water partition coefficient (Wildman–Crippen LogP) is 1.74. The SMILES string of the molecule is O=C1Cc2cc(C(=O)CCl)cc(F)c2N1. The van der Waals surface area contributed by atoms with Gasteiger partial charge in [-0.25, -0.2) is 4.39 Å². The summed E-state index contributed by atoms with van der Waals surface area (Å²) in [6.07, 6.45) is 0.107. The number of fused-ring (bicyclic) bond motifs is 1. The van der Waals surface area contributed by atoms with Crippen LogP contribution in [-0.4, -0.2) is 17.6 Å². The van der Waals surface area contributed by atoms with Gasteiger partial charge in [0, 0.05) is 5.56 Å². The molecule has 78 valence electrons. The number of carbonyl (C=O) groups excluding carboxylic acids is 2. The van der Waals surface area contributed by atoms with Crippen molar-refractivity contribution >= 4 is 29.0 Å². The Morgan fingerprint density at radius 2 is 2.27 bits per heavy atom. The number of carbonyl (C=O) groups is 2. The number of nitrogens with one attached hydrogen (secondary N) is 1. The van der Waals surface area contributed by atoms with Gasteiger partial charge in [-0.05, 0) is 17.7 Å². The molecular formula is C10H7ClFNO2. The van der Waals surface area contributed by atoms with E-state index in [1.165, 1.54) is 6.07 Å². The second-order valence-corrected chi connectivity index (χ2v) is 3.54. The van der Waals surface area contributed by atoms with Crippen molar-refractivity contribution in [2.45, 2.75) is 6.42 Å². The molecule has 0 atom stereocenters. The van der Waals surface area contributed by atoms with Crippen molar-refractivity contribution in [2.75, 3.05) is 11.2 Å². The van der Waals surface area contributed by atoms with Gasteiger partial charge in [0.2, 0.25) is 5.91 Å². The number of benzene rings is 1. The number of Topliss-reactive ketones (excluding diaryl/α,β-unsaturated/α-hetero) is 1. The number of hydrogen-bond acceptors (Lipinski definition) is 2. The quantitative estimate of drug-likeness (QED) is 0.618. The topological polar surface area (TPSA) is 46.2 Å². The van der Waals surface area contributed by atoms with E-state index in [-0.39, 0.29) is 35.2 Å². The van der Waals surface area contributed by atoms with Crippen LogP contribution < -0.4 is 5.32 Å². The molecule has 0 fully saturated rings. The van der Waals surface area contributed by atoms with Crippen molar-refractivity contribution in [3.05, 3.63) is 29.1 Å². The maximum atomic E-state index is 13.4. The molecule has 0 radical (unpaired) electrons. The van der Waals surface area contributed by atoms with Crippen LogP contribution in [0, 0.1) is 5.82 Å². The van der Waals surface area contributed by atoms with E-state index in [0.717, 1.165) is 6.07 Å². The molecule has 0 aromatic heterocycles. The summed E-state index contributed by atoms with van der Waals surface area (Å²) in [6, 6.07) is 2.59. The summed E-state index contributed by atoms with van der Waals surface area (Å²) in [6.45, 7) is 0. The summed E-state index contributed by atoms with van der Waals surface area (Å²) in [5, 5.41) is 2.39.